The van der Waals surface area contributed by atoms with Crippen molar-refractivity contribution in [3.8, 4) is 17.1 Å². The average Bonchev–Trinajstić information content (AvgIpc) is 3.15. The lowest BCUT2D eigenvalue weighted by molar-refractivity contribution is 0.101. The molecule has 0 bridgehead atoms. The van der Waals surface area contributed by atoms with E-state index in [0.717, 1.165) is 11.1 Å². The Kier molecular flexibility index (Phi) is 3.31. The molecule has 0 aliphatic carbocycles. The van der Waals surface area contributed by atoms with Crippen molar-refractivity contribution in [3.05, 3.63) is 83.1 Å². The van der Waals surface area contributed by atoms with Crippen molar-refractivity contribution in [2.75, 3.05) is 0 Å². The van der Waals surface area contributed by atoms with Gasteiger partial charge in [0.25, 0.3) is 0 Å². The van der Waals surface area contributed by atoms with Crippen LogP contribution in [0.1, 0.15) is 21.7 Å². The van der Waals surface area contributed by atoms with Crippen molar-refractivity contribution >= 4 is 11.9 Å². The van der Waals surface area contributed by atoms with Gasteiger partial charge in [-0.25, -0.2) is 4.39 Å². The van der Waals surface area contributed by atoms with Gasteiger partial charge in [0.05, 0.1) is 5.56 Å². The molecule has 0 radical (unpaired) electrons. The Labute approximate surface area is 138 Å². The lowest BCUT2D eigenvalue weighted by Gasteiger charge is -1.98. The van der Waals surface area contributed by atoms with Crippen LogP contribution in [0.5, 0.6) is 5.75 Å². The predicted octanol–water partition coefficient (Wildman–Crippen LogP) is 5.01. The number of hydrogen-bond acceptors (Lipinski definition) is 3. The zero-order chi connectivity index (χ0) is 16.7. The summed E-state index contributed by atoms with van der Waals surface area (Å²) in [7, 11) is 0. The van der Waals surface area contributed by atoms with Crippen LogP contribution in [-0.2, 0) is 0 Å². The zero-order valence-electron chi connectivity index (χ0n) is 12.9. The predicted molar refractivity (Wildman–Crippen MR) is 88.2 cm³/mol. The van der Waals surface area contributed by atoms with E-state index in [-0.39, 0.29) is 17.4 Å². The van der Waals surface area contributed by atoms with Crippen LogP contribution in [0.3, 0.4) is 0 Å². The maximum Gasteiger partial charge on any atom is 0.232 e. The van der Waals surface area contributed by atoms with Gasteiger partial charge in [-0.15, -0.1) is 0 Å². The van der Waals surface area contributed by atoms with Crippen molar-refractivity contribution in [2.45, 2.75) is 6.92 Å². The average molecular weight is 320 g/mol. The maximum atomic E-state index is 13.0. The summed E-state index contributed by atoms with van der Waals surface area (Å²) in [4.78, 5) is 12.4. The first-order valence-electron chi connectivity index (χ1n) is 7.51. The minimum absolute atomic E-state index is 0.159. The number of Topliss-reactive ketones (excluding diaryl/α,β-unsaturated/α-hetero) is 1. The van der Waals surface area contributed by atoms with Crippen molar-refractivity contribution in [3.63, 3.8) is 0 Å². The van der Waals surface area contributed by atoms with Gasteiger partial charge in [-0.3, -0.25) is 4.79 Å². The van der Waals surface area contributed by atoms with Gasteiger partial charge < -0.3 is 9.15 Å². The van der Waals surface area contributed by atoms with Crippen molar-refractivity contribution < 1.29 is 18.3 Å². The number of carbonyl (C=O) groups is 1. The third-order valence-electron chi connectivity index (χ3n) is 3.85. The first-order chi connectivity index (χ1) is 11.6. The highest BCUT2D eigenvalue weighted by Gasteiger charge is 2.27. The fourth-order valence-corrected chi connectivity index (χ4v) is 2.63. The largest absolute Gasteiger partial charge is 0.457 e. The Bertz CT molecular complexity index is 965. The van der Waals surface area contributed by atoms with Gasteiger partial charge in [0.1, 0.15) is 23.1 Å². The molecule has 3 aromatic rings. The number of halogens is 1. The number of fused-ring (bicyclic) bond motifs is 1. The zero-order valence-corrected chi connectivity index (χ0v) is 12.9. The van der Waals surface area contributed by atoms with Crippen molar-refractivity contribution in [2.24, 2.45) is 0 Å². The fourth-order valence-electron chi connectivity index (χ4n) is 2.63. The molecule has 24 heavy (non-hydrogen) atoms. The van der Waals surface area contributed by atoms with Crippen LogP contribution < -0.4 is 4.74 Å². The molecule has 1 aromatic heterocycles. The van der Waals surface area contributed by atoms with E-state index >= 15 is 0 Å². The number of ketones is 1. The normalized spacial score (nSPS) is 14.8. The standard InChI is InChI=1S/C20H13FO3/c1-12-2-8-18-16(10-12)20(22)19(24-18)11-15-7-9-17(23-15)13-3-5-14(21)6-4-13/h2-11H,1H3. The highest BCUT2D eigenvalue weighted by molar-refractivity contribution is 6.14. The second-order valence-corrected chi connectivity index (χ2v) is 5.65. The van der Waals surface area contributed by atoms with Crippen LogP contribution >= 0.6 is 0 Å². The van der Waals surface area contributed by atoms with Crippen LogP contribution in [0, 0.1) is 12.7 Å². The molecule has 0 unspecified atom stereocenters. The third-order valence-corrected chi connectivity index (χ3v) is 3.85. The number of benzene rings is 2. The molecule has 118 valence electrons. The van der Waals surface area contributed by atoms with Gasteiger partial charge in [0.2, 0.25) is 5.78 Å². The van der Waals surface area contributed by atoms with Crippen LogP contribution in [0.4, 0.5) is 4.39 Å². The first kappa shape index (κ1) is 14.5. The molecule has 0 spiro atoms. The lowest BCUT2D eigenvalue weighted by atomic mass is 10.1. The number of allylic oxidation sites excluding steroid dienone is 1. The minimum atomic E-state index is -0.300. The number of hydrogen-bond donors (Lipinski definition) is 0. The molecule has 1 aliphatic rings. The van der Waals surface area contributed by atoms with Gasteiger partial charge in [0, 0.05) is 11.6 Å². The fraction of sp³-hybridized carbons (Fsp3) is 0.0500. The molecule has 4 rings (SSSR count). The molecule has 0 amide bonds. The summed E-state index contributed by atoms with van der Waals surface area (Å²) in [6.07, 6.45) is 1.57. The number of aryl methyl sites for hydroxylation is 1. The Hall–Kier alpha value is -3.14. The van der Waals surface area contributed by atoms with Crippen molar-refractivity contribution in [1.29, 1.82) is 0 Å². The SMILES string of the molecule is Cc1ccc2c(c1)C(=O)C(=Cc1ccc(-c3ccc(F)cc3)o1)O2. The lowest BCUT2D eigenvalue weighted by Crippen LogP contribution is -1.97. The Morgan fingerprint density at radius 2 is 1.79 bits per heavy atom. The molecule has 0 saturated heterocycles. The van der Waals surface area contributed by atoms with Crippen LogP contribution in [0.15, 0.2) is 64.8 Å². The molecule has 0 fully saturated rings. The highest BCUT2D eigenvalue weighted by atomic mass is 19.1. The summed E-state index contributed by atoms with van der Waals surface area (Å²) in [5.41, 5.74) is 2.33. The molecular formula is C20H13FO3. The Morgan fingerprint density at radius 1 is 1.00 bits per heavy atom. The summed E-state index contributed by atoms with van der Waals surface area (Å²) in [5, 5.41) is 0. The number of ether oxygens (including phenoxy) is 1. The first-order valence-corrected chi connectivity index (χ1v) is 7.51. The summed E-state index contributed by atoms with van der Waals surface area (Å²) < 4.78 is 24.3. The maximum absolute atomic E-state index is 13.0. The Morgan fingerprint density at radius 3 is 2.58 bits per heavy atom. The molecule has 0 atom stereocenters. The Balaban J connectivity index is 1.63. The molecule has 2 heterocycles. The van der Waals surface area contributed by atoms with E-state index in [9.17, 15) is 9.18 Å². The van der Waals surface area contributed by atoms with Gasteiger partial charge in [-0.1, -0.05) is 11.6 Å². The molecule has 1 aliphatic heterocycles. The summed E-state index contributed by atoms with van der Waals surface area (Å²) in [6.45, 7) is 1.93. The van der Waals surface area contributed by atoms with Gasteiger partial charge in [-0.05, 0) is 55.5 Å². The quantitative estimate of drug-likeness (QED) is 0.623. The van der Waals surface area contributed by atoms with E-state index < -0.39 is 0 Å². The summed E-state index contributed by atoms with van der Waals surface area (Å²) in [6, 6.07) is 15.0. The number of furan rings is 1. The monoisotopic (exact) mass is 320 g/mol. The molecular weight excluding hydrogens is 307 g/mol. The number of rotatable bonds is 2. The molecule has 2 aromatic carbocycles. The van der Waals surface area contributed by atoms with Crippen LogP contribution in [0.2, 0.25) is 0 Å². The molecule has 0 saturated carbocycles. The van der Waals surface area contributed by atoms with E-state index in [1.165, 1.54) is 12.1 Å². The molecule has 4 heteroatoms. The smallest absolute Gasteiger partial charge is 0.232 e. The van der Waals surface area contributed by atoms with E-state index in [1.54, 1.807) is 36.4 Å². The van der Waals surface area contributed by atoms with E-state index in [1.807, 2.05) is 19.1 Å². The van der Waals surface area contributed by atoms with Gasteiger partial charge in [0.15, 0.2) is 5.76 Å². The van der Waals surface area contributed by atoms with E-state index in [4.69, 9.17) is 9.15 Å². The molecule has 3 nitrogen and oxygen atoms in total. The number of carbonyl (C=O) groups excluding carboxylic acids is 1. The second-order valence-electron chi connectivity index (χ2n) is 5.65. The third kappa shape index (κ3) is 2.52. The van der Waals surface area contributed by atoms with Gasteiger partial charge in [-0.2, -0.15) is 0 Å². The summed E-state index contributed by atoms with van der Waals surface area (Å²) in [5.74, 6) is 1.43. The van der Waals surface area contributed by atoms with E-state index in [0.29, 0.717) is 22.8 Å². The topological polar surface area (TPSA) is 39.4 Å². The second kappa shape index (κ2) is 5.49. The van der Waals surface area contributed by atoms with Crippen molar-refractivity contribution in [1.82, 2.24) is 0 Å². The summed E-state index contributed by atoms with van der Waals surface area (Å²) >= 11 is 0. The molecule has 0 N–H and O–H groups in total. The van der Waals surface area contributed by atoms with Crippen LogP contribution in [0.25, 0.3) is 17.4 Å². The van der Waals surface area contributed by atoms with Gasteiger partial charge >= 0.3 is 0 Å². The van der Waals surface area contributed by atoms with Crippen LogP contribution in [-0.4, -0.2) is 5.78 Å². The highest BCUT2D eigenvalue weighted by Crippen LogP contribution is 2.33. The minimum Gasteiger partial charge on any atom is -0.457 e. The van der Waals surface area contributed by atoms with E-state index in [2.05, 4.69) is 0 Å².